The van der Waals surface area contributed by atoms with Crippen LogP contribution in [0.25, 0.3) is 22.2 Å². The Hall–Kier alpha value is -3.21. The minimum Gasteiger partial charge on any atom is -0.496 e. The van der Waals surface area contributed by atoms with E-state index in [-0.39, 0.29) is 29.5 Å². The Morgan fingerprint density at radius 1 is 1.34 bits per heavy atom. The van der Waals surface area contributed by atoms with Crippen molar-refractivity contribution in [3.8, 4) is 17.0 Å². The van der Waals surface area contributed by atoms with Gasteiger partial charge in [-0.1, -0.05) is 0 Å². The van der Waals surface area contributed by atoms with Crippen LogP contribution in [0.4, 0.5) is 13.2 Å². The molecule has 0 bridgehead atoms. The van der Waals surface area contributed by atoms with Gasteiger partial charge in [-0.3, -0.25) is 14.5 Å². The van der Waals surface area contributed by atoms with Crippen molar-refractivity contribution in [2.45, 2.75) is 37.9 Å². The van der Waals surface area contributed by atoms with Crippen molar-refractivity contribution in [2.75, 3.05) is 13.7 Å². The van der Waals surface area contributed by atoms with Crippen molar-refractivity contribution in [2.24, 2.45) is 11.7 Å². The molecule has 4 rings (SSSR count). The van der Waals surface area contributed by atoms with E-state index in [2.05, 4.69) is 15.1 Å². The number of ether oxygens (including phenoxy) is 1. The van der Waals surface area contributed by atoms with E-state index in [1.54, 1.807) is 23.0 Å². The maximum atomic E-state index is 13.1. The van der Waals surface area contributed by atoms with Crippen LogP contribution >= 0.6 is 0 Å². The number of nitrogens with zero attached hydrogens (tertiary/aromatic N) is 4. The summed E-state index contributed by atoms with van der Waals surface area (Å²) in [6.45, 7) is 0.0914. The predicted molar refractivity (Wildman–Crippen MR) is 109 cm³/mol. The quantitative estimate of drug-likeness (QED) is 0.616. The average molecular weight is 450 g/mol. The number of methoxy groups -OCH3 is 1. The molecule has 0 saturated heterocycles. The van der Waals surface area contributed by atoms with Crippen molar-refractivity contribution in [1.29, 1.82) is 0 Å². The third-order valence-electron chi connectivity index (χ3n) is 5.64. The molecule has 0 unspecified atom stereocenters. The zero-order valence-electron chi connectivity index (χ0n) is 18.2. The molecule has 1 saturated carbocycles. The Morgan fingerprint density at radius 3 is 2.66 bits per heavy atom. The van der Waals surface area contributed by atoms with Crippen LogP contribution in [-0.4, -0.2) is 44.5 Å². The highest BCUT2D eigenvalue weighted by molar-refractivity contribution is 5.99. The molecule has 0 radical (unpaired) electrons. The Bertz CT molecular complexity index is 1210. The van der Waals surface area contributed by atoms with Crippen LogP contribution < -0.4 is 10.5 Å². The maximum Gasteiger partial charge on any atom is 0.434 e. The van der Waals surface area contributed by atoms with Gasteiger partial charge in [-0.15, -0.1) is 0 Å². The van der Waals surface area contributed by atoms with Crippen LogP contribution in [0.2, 0.25) is 0 Å². The van der Waals surface area contributed by atoms with E-state index in [4.69, 9.17) is 11.8 Å². The highest BCUT2D eigenvalue weighted by atomic mass is 19.4. The van der Waals surface area contributed by atoms with Crippen molar-refractivity contribution >= 4 is 16.8 Å². The minimum atomic E-state index is -4.79. The van der Waals surface area contributed by atoms with Gasteiger partial charge in [0.2, 0.25) is 0 Å². The SMILES string of the molecule is [2H]C1(n2cc3cc(-c4ncc(C(F)(F)F)nc4C(N)=O)c(OC)cc3n2)CCC(CO)CC1. The van der Waals surface area contributed by atoms with Gasteiger partial charge in [0, 0.05) is 29.8 Å². The van der Waals surface area contributed by atoms with Gasteiger partial charge in [-0.25, -0.2) is 4.98 Å². The largest absolute Gasteiger partial charge is 0.496 e. The zero-order chi connectivity index (χ0) is 24.0. The van der Waals surface area contributed by atoms with Gasteiger partial charge in [0.1, 0.15) is 11.4 Å². The molecule has 3 aromatic rings. The van der Waals surface area contributed by atoms with Crippen LogP contribution in [0.1, 0.15) is 49.3 Å². The van der Waals surface area contributed by atoms with Crippen molar-refractivity contribution in [3.63, 3.8) is 0 Å². The molecule has 11 heteroatoms. The Balaban J connectivity index is 1.80. The smallest absolute Gasteiger partial charge is 0.434 e. The number of benzene rings is 1. The second-order valence-corrected chi connectivity index (χ2v) is 7.69. The second kappa shape index (κ2) is 8.38. The number of carbonyl (C=O) groups excluding carboxylic acids is 1. The lowest BCUT2D eigenvalue weighted by atomic mass is 9.87. The molecule has 0 aliphatic heterocycles. The molecule has 0 spiro atoms. The van der Waals surface area contributed by atoms with E-state index < -0.39 is 29.5 Å². The number of alkyl halides is 3. The summed E-state index contributed by atoms with van der Waals surface area (Å²) < 4.78 is 55.0. The van der Waals surface area contributed by atoms with Gasteiger partial charge in [0.25, 0.3) is 5.91 Å². The molecule has 1 aromatic carbocycles. The van der Waals surface area contributed by atoms with Crippen LogP contribution in [0.3, 0.4) is 0 Å². The first-order chi connectivity index (χ1) is 15.6. The molecule has 0 atom stereocenters. The summed E-state index contributed by atoms with van der Waals surface area (Å²) in [7, 11) is 1.37. The normalized spacial score (nSPS) is 22.0. The summed E-state index contributed by atoms with van der Waals surface area (Å²) in [5, 5.41) is 14.5. The van der Waals surface area contributed by atoms with E-state index in [1.807, 2.05) is 0 Å². The fourth-order valence-electron chi connectivity index (χ4n) is 3.89. The second-order valence-electron chi connectivity index (χ2n) is 7.69. The van der Waals surface area contributed by atoms with Gasteiger partial charge in [0.15, 0.2) is 11.4 Å². The molecule has 2 heterocycles. The Labute approximate surface area is 182 Å². The van der Waals surface area contributed by atoms with Gasteiger partial charge in [-0.2, -0.15) is 18.3 Å². The van der Waals surface area contributed by atoms with Gasteiger partial charge in [-0.05, 0) is 37.7 Å². The number of carbonyl (C=O) groups is 1. The van der Waals surface area contributed by atoms with Gasteiger partial charge in [0.05, 0.1) is 26.2 Å². The Kier molecular flexibility index (Phi) is 5.41. The van der Waals surface area contributed by atoms with Crippen molar-refractivity contribution in [1.82, 2.24) is 19.7 Å². The molecular formula is C21H22F3N5O3. The minimum absolute atomic E-state index is 0.0914. The number of primary amides is 1. The third-order valence-corrected chi connectivity index (χ3v) is 5.64. The average Bonchev–Trinajstić information content (AvgIpc) is 3.21. The summed E-state index contributed by atoms with van der Waals surface area (Å²) >= 11 is 0. The number of fused-ring (bicyclic) bond motifs is 1. The first-order valence-corrected chi connectivity index (χ1v) is 9.99. The van der Waals surface area contributed by atoms with Crippen LogP contribution in [0.15, 0.2) is 24.5 Å². The van der Waals surface area contributed by atoms with Crippen LogP contribution in [0.5, 0.6) is 5.75 Å². The number of amides is 1. The standard InChI is InChI=1S/C21H22F3N5O3/c1-32-16-7-15-12(9-29(28-15)13-4-2-11(10-30)3-5-13)6-14(16)18-19(20(25)31)27-17(8-26-18)21(22,23)24/h6-9,11,13,30H,2-5,10H2,1H3,(H2,25,31)/i13D. The van der Waals surface area contributed by atoms with E-state index in [9.17, 15) is 23.1 Å². The number of aliphatic hydroxyl groups is 1. The molecular weight excluding hydrogens is 427 g/mol. The number of hydrogen-bond donors (Lipinski definition) is 2. The first-order valence-electron chi connectivity index (χ1n) is 10.5. The van der Waals surface area contributed by atoms with Crippen molar-refractivity contribution in [3.05, 3.63) is 35.9 Å². The molecule has 2 aromatic heterocycles. The summed E-state index contributed by atoms with van der Waals surface area (Å²) in [6, 6.07) is 2.16. The molecule has 1 amide bonds. The van der Waals surface area contributed by atoms with E-state index in [0.29, 0.717) is 42.8 Å². The monoisotopic (exact) mass is 450 g/mol. The molecule has 1 aliphatic rings. The van der Waals surface area contributed by atoms with Crippen molar-refractivity contribution < 1.29 is 29.2 Å². The van der Waals surface area contributed by atoms with E-state index in [1.165, 1.54) is 7.11 Å². The molecule has 170 valence electrons. The van der Waals surface area contributed by atoms with Crippen LogP contribution in [0, 0.1) is 5.92 Å². The molecule has 1 aliphatic carbocycles. The Morgan fingerprint density at radius 2 is 2.06 bits per heavy atom. The topological polar surface area (TPSA) is 116 Å². The zero-order valence-corrected chi connectivity index (χ0v) is 17.2. The molecule has 32 heavy (non-hydrogen) atoms. The first kappa shape index (κ1) is 20.7. The summed E-state index contributed by atoms with van der Waals surface area (Å²) in [6.07, 6.45) is -0.137. The molecule has 8 nitrogen and oxygen atoms in total. The van der Waals surface area contributed by atoms with E-state index in [0.717, 1.165) is 0 Å². The molecule has 1 fully saturated rings. The maximum absolute atomic E-state index is 13.1. The third kappa shape index (κ3) is 4.12. The van der Waals surface area contributed by atoms with Gasteiger partial charge >= 0.3 is 6.18 Å². The number of hydrogen-bond acceptors (Lipinski definition) is 6. The number of halogens is 3. The number of aromatic nitrogens is 4. The summed E-state index contributed by atoms with van der Waals surface area (Å²) in [5.74, 6) is -0.773. The van der Waals surface area contributed by atoms with E-state index >= 15 is 0 Å². The highest BCUT2D eigenvalue weighted by Gasteiger charge is 2.35. The fourth-order valence-corrected chi connectivity index (χ4v) is 3.89. The lowest BCUT2D eigenvalue weighted by Crippen LogP contribution is -2.20. The number of aliphatic hydroxyl groups excluding tert-OH is 1. The fraction of sp³-hybridized carbons (Fsp3) is 0.429. The number of nitrogens with two attached hydrogens (primary N) is 1. The summed E-state index contributed by atoms with van der Waals surface area (Å²) in [4.78, 5) is 19.1. The van der Waals surface area contributed by atoms with Gasteiger partial charge < -0.3 is 15.6 Å². The lowest BCUT2D eigenvalue weighted by molar-refractivity contribution is -0.141. The summed E-state index contributed by atoms with van der Waals surface area (Å²) in [5.41, 5.74) is 3.92. The van der Waals surface area contributed by atoms with Crippen LogP contribution in [-0.2, 0) is 6.18 Å². The lowest BCUT2D eigenvalue weighted by Gasteiger charge is -2.27. The molecule has 3 N–H and O–H groups in total. The predicted octanol–water partition coefficient (Wildman–Crippen LogP) is 3.34. The number of rotatable bonds is 5. The highest BCUT2D eigenvalue weighted by Crippen LogP contribution is 2.37.